The molecule has 0 aliphatic rings. The number of aromatic nitrogens is 2. The molecule has 5 heteroatoms. The van der Waals surface area contributed by atoms with Crippen molar-refractivity contribution in [2.45, 2.75) is 33.6 Å². The number of para-hydroxylation sites is 1. The Hall–Kier alpha value is -2.14. The lowest BCUT2D eigenvalue weighted by molar-refractivity contribution is 0.102. The predicted octanol–water partition coefficient (Wildman–Crippen LogP) is 5.09. The number of carbonyl (C=O) groups is 1. The van der Waals surface area contributed by atoms with Crippen molar-refractivity contribution in [1.29, 1.82) is 0 Å². The first-order valence-electron chi connectivity index (χ1n) is 7.93. The normalized spacial score (nSPS) is 11.2. The van der Waals surface area contributed by atoms with Crippen molar-refractivity contribution in [2.24, 2.45) is 0 Å². The minimum Gasteiger partial charge on any atom is -0.320 e. The number of carbonyl (C=O) groups excluding carboxylic acids is 1. The van der Waals surface area contributed by atoms with Gasteiger partial charge in [0.2, 0.25) is 0 Å². The van der Waals surface area contributed by atoms with Crippen LogP contribution in [0.2, 0.25) is 0 Å². The van der Waals surface area contributed by atoms with Crippen LogP contribution in [0.25, 0.3) is 5.65 Å². The van der Waals surface area contributed by atoms with Gasteiger partial charge in [0.25, 0.3) is 5.91 Å². The molecule has 1 amide bonds. The molecule has 0 saturated heterocycles. The standard InChI is InChI=1S/C19H20BrN3O/c1-11(2)14-7-5-6-8-16(14)22-19(24)17-13(4)21-18-15(20)9-12(3)10-23(17)18/h5-11H,1-4H3,(H,22,24). The molecular weight excluding hydrogens is 366 g/mol. The summed E-state index contributed by atoms with van der Waals surface area (Å²) in [6.45, 7) is 8.09. The molecule has 0 aliphatic heterocycles. The molecule has 3 rings (SSSR count). The fraction of sp³-hybridized carbons (Fsp3) is 0.263. The van der Waals surface area contributed by atoms with Gasteiger partial charge in [-0.2, -0.15) is 0 Å². The number of nitrogens with one attached hydrogen (secondary N) is 1. The SMILES string of the molecule is Cc1cc(Br)c2nc(C)c(C(=O)Nc3ccccc3C(C)C)n2c1. The zero-order chi connectivity index (χ0) is 17.4. The summed E-state index contributed by atoms with van der Waals surface area (Å²) in [5.41, 5.74) is 5.05. The molecule has 2 heterocycles. The molecule has 0 radical (unpaired) electrons. The van der Waals surface area contributed by atoms with E-state index in [1.807, 2.05) is 54.8 Å². The number of benzene rings is 1. The van der Waals surface area contributed by atoms with E-state index in [1.54, 1.807) is 0 Å². The summed E-state index contributed by atoms with van der Waals surface area (Å²) < 4.78 is 2.73. The van der Waals surface area contributed by atoms with Crippen LogP contribution in [0.4, 0.5) is 5.69 Å². The lowest BCUT2D eigenvalue weighted by Gasteiger charge is -2.14. The van der Waals surface area contributed by atoms with E-state index in [9.17, 15) is 4.79 Å². The molecule has 1 N–H and O–H groups in total. The number of halogens is 1. The Morgan fingerprint density at radius 3 is 2.67 bits per heavy atom. The Morgan fingerprint density at radius 2 is 1.96 bits per heavy atom. The highest BCUT2D eigenvalue weighted by Crippen LogP contribution is 2.26. The van der Waals surface area contributed by atoms with Crippen LogP contribution in [0, 0.1) is 13.8 Å². The fourth-order valence-electron chi connectivity index (χ4n) is 2.91. The van der Waals surface area contributed by atoms with Crippen molar-refractivity contribution < 1.29 is 4.79 Å². The monoisotopic (exact) mass is 385 g/mol. The van der Waals surface area contributed by atoms with Gasteiger partial charge in [-0.3, -0.25) is 9.20 Å². The first-order chi connectivity index (χ1) is 11.4. The van der Waals surface area contributed by atoms with Crippen molar-refractivity contribution in [3.63, 3.8) is 0 Å². The van der Waals surface area contributed by atoms with Gasteiger partial charge in [-0.05, 0) is 59.0 Å². The third-order valence-electron chi connectivity index (χ3n) is 4.03. The van der Waals surface area contributed by atoms with Gasteiger partial charge in [0.15, 0.2) is 5.65 Å². The fourth-order valence-corrected chi connectivity index (χ4v) is 3.56. The van der Waals surface area contributed by atoms with E-state index in [0.29, 0.717) is 17.3 Å². The van der Waals surface area contributed by atoms with Crippen LogP contribution in [0.5, 0.6) is 0 Å². The Balaban J connectivity index is 2.06. The van der Waals surface area contributed by atoms with Gasteiger partial charge < -0.3 is 5.32 Å². The number of imidazole rings is 1. The number of rotatable bonds is 3. The highest BCUT2D eigenvalue weighted by atomic mass is 79.9. The molecule has 0 atom stereocenters. The van der Waals surface area contributed by atoms with E-state index in [1.165, 1.54) is 0 Å². The maximum Gasteiger partial charge on any atom is 0.274 e. The molecule has 124 valence electrons. The Morgan fingerprint density at radius 1 is 1.25 bits per heavy atom. The van der Waals surface area contributed by atoms with Crippen molar-refractivity contribution in [3.05, 3.63) is 63.5 Å². The van der Waals surface area contributed by atoms with Gasteiger partial charge in [0.05, 0.1) is 10.2 Å². The van der Waals surface area contributed by atoms with E-state index in [4.69, 9.17) is 0 Å². The molecular formula is C19H20BrN3O. The maximum absolute atomic E-state index is 12.9. The van der Waals surface area contributed by atoms with Crippen molar-refractivity contribution >= 4 is 33.2 Å². The number of pyridine rings is 1. The number of amides is 1. The molecule has 24 heavy (non-hydrogen) atoms. The van der Waals surface area contributed by atoms with Gasteiger partial charge in [0, 0.05) is 11.9 Å². The van der Waals surface area contributed by atoms with Gasteiger partial charge in [-0.15, -0.1) is 0 Å². The van der Waals surface area contributed by atoms with Gasteiger partial charge in [-0.25, -0.2) is 4.98 Å². The van der Waals surface area contributed by atoms with E-state index in [2.05, 4.69) is 40.1 Å². The third-order valence-corrected chi connectivity index (χ3v) is 4.62. The average Bonchev–Trinajstić information content (AvgIpc) is 2.84. The van der Waals surface area contributed by atoms with Crippen molar-refractivity contribution in [2.75, 3.05) is 5.32 Å². The van der Waals surface area contributed by atoms with Crippen LogP contribution in [-0.2, 0) is 0 Å². The molecule has 0 saturated carbocycles. The highest BCUT2D eigenvalue weighted by molar-refractivity contribution is 9.10. The van der Waals surface area contributed by atoms with Gasteiger partial charge in [-0.1, -0.05) is 32.0 Å². The lowest BCUT2D eigenvalue weighted by atomic mass is 10.0. The number of nitrogens with zero attached hydrogens (tertiary/aromatic N) is 2. The summed E-state index contributed by atoms with van der Waals surface area (Å²) in [6.07, 6.45) is 1.93. The molecule has 0 unspecified atom stereocenters. The average molecular weight is 386 g/mol. The molecule has 4 nitrogen and oxygen atoms in total. The first kappa shape index (κ1) is 16.7. The molecule has 1 aromatic carbocycles. The number of anilines is 1. The Labute approximate surface area is 150 Å². The predicted molar refractivity (Wildman–Crippen MR) is 101 cm³/mol. The smallest absolute Gasteiger partial charge is 0.274 e. The number of fused-ring (bicyclic) bond motifs is 1. The van der Waals surface area contributed by atoms with Crippen LogP contribution >= 0.6 is 15.9 Å². The minimum absolute atomic E-state index is 0.148. The second kappa shape index (κ2) is 6.40. The zero-order valence-corrected chi connectivity index (χ0v) is 15.8. The Kier molecular flexibility index (Phi) is 4.45. The van der Waals surface area contributed by atoms with Crippen LogP contribution in [0.15, 0.2) is 41.0 Å². The number of hydrogen-bond donors (Lipinski definition) is 1. The van der Waals surface area contributed by atoms with Crippen LogP contribution < -0.4 is 5.32 Å². The topological polar surface area (TPSA) is 46.4 Å². The summed E-state index contributed by atoms with van der Waals surface area (Å²) in [6, 6.07) is 9.90. The molecule has 2 aromatic heterocycles. The van der Waals surface area contributed by atoms with E-state index >= 15 is 0 Å². The number of hydrogen-bond acceptors (Lipinski definition) is 2. The number of aryl methyl sites for hydroxylation is 2. The zero-order valence-electron chi connectivity index (χ0n) is 14.2. The quantitative estimate of drug-likeness (QED) is 0.682. The maximum atomic E-state index is 12.9. The van der Waals surface area contributed by atoms with E-state index in [0.717, 1.165) is 26.9 Å². The van der Waals surface area contributed by atoms with Gasteiger partial charge in [0.1, 0.15) is 5.69 Å². The van der Waals surface area contributed by atoms with Crippen molar-refractivity contribution in [3.8, 4) is 0 Å². The molecule has 0 aliphatic carbocycles. The first-order valence-corrected chi connectivity index (χ1v) is 8.73. The second-order valence-electron chi connectivity index (χ2n) is 6.30. The summed E-state index contributed by atoms with van der Waals surface area (Å²) in [5, 5.41) is 3.05. The molecule has 3 aromatic rings. The summed E-state index contributed by atoms with van der Waals surface area (Å²) >= 11 is 3.53. The van der Waals surface area contributed by atoms with Crippen molar-refractivity contribution in [1.82, 2.24) is 9.38 Å². The summed E-state index contributed by atoms with van der Waals surface area (Å²) in [5.74, 6) is 0.187. The summed E-state index contributed by atoms with van der Waals surface area (Å²) in [7, 11) is 0. The Bertz CT molecular complexity index is 928. The van der Waals surface area contributed by atoms with Crippen LogP contribution in [-0.4, -0.2) is 15.3 Å². The third kappa shape index (κ3) is 2.96. The van der Waals surface area contributed by atoms with Gasteiger partial charge >= 0.3 is 0 Å². The van der Waals surface area contributed by atoms with Crippen LogP contribution in [0.3, 0.4) is 0 Å². The summed E-state index contributed by atoms with van der Waals surface area (Å²) in [4.78, 5) is 17.4. The van der Waals surface area contributed by atoms with E-state index in [-0.39, 0.29) is 5.91 Å². The molecule has 0 spiro atoms. The van der Waals surface area contributed by atoms with E-state index < -0.39 is 0 Å². The highest BCUT2D eigenvalue weighted by Gasteiger charge is 2.19. The largest absolute Gasteiger partial charge is 0.320 e. The molecule has 0 bridgehead atoms. The van der Waals surface area contributed by atoms with Crippen LogP contribution in [0.1, 0.15) is 47.1 Å². The lowest BCUT2D eigenvalue weighted by Crippen LogP contribution is -2.17. The minimum atomic E-state index is -0.148. The second-order valence-corrected chi connectivity index (χ2v) is 7.16. The molecule has 0 fully saturated rings.